The van der Waals surface area contributed by atoms with Gasteiger partial charge in [-0.15, -0.1) is 0 Å². The van der Waals surface area contributed by atoms with Crippen molar-refractivity contribution in [2.75, 3.05) is 30.9 Å². The number of nitrogens with one attached hydrogen (secondary N) is 2. The van der Waals surface area contributed by atoms with E-state index in [2.05, 4.69) is 10.6 Å². The number of ether oxygens (including phenoxy) is 2. The van der Waals surface area contributed by atoms with Gasteiger partial charge < -0.3 is 20.5 Å². The highest BCUT2D eigenvalue weighted by atomic mass is 32.1. The van der Waals surface area contributed by atoms with E-state index in [1.165, 1.54) is 0 Å². The summed E-state index contributed by atoms with van der Waals surface area (Å²) in [6, 6.07) is 7.09. The number of para-hydroxylation sites is 2. The molecule has 0 aliphatic heterocycles. The lowest BCUT2D eigenvalue weighted by atomic mass is 10.3. The summed E-state index contributed by atoms with van der Waals surface area (Å²) < 4.78 is 9.88. The molecule has 6 nitrogen and oxygen atoms in total. The van der Waals surface area contributed by atoms with Crippen LogP contribution in [0.5, 0.6) is 0 Å². The summed E-state index contributed by atoms with van der Waals surface area (Å²) in [6.45, 7) is 2.98. The Morgan fingerprint density at radius 3 is 2.79 bits per heavy atom. The number of anilines is 2. The van der Waals surface area contributed by atoms with E-state index in [0.29, 0.717) is 24.6 Å². The maximum absolute atomic E-state index is 11.3. The Labute approximate surface area is 117 Å². The van der Waals surface area contributed by atoms with Gasteiger partial charge in [0.1, 0.15) is 6.61 Å². The first-order valence-electron chi connectivity index (χ1n) is 5.80. The predicted octanol–water partition coefficient (Wildman–Crippen LogP) is 1.73. The van der Waals surface area contributed by atoms with Crippen LogP contribution in [0.15, 0.2) is 24.3 Å². The highest BCUT2D eigenvalue weighted by molar-refractivity contribution is 7.80. The summed E-state index contributed by atoms with van der Waals surface area (Å²) in [5.41, 5.74) is 6.90. The highest BCUT2D eigenvalue weighted by Crippen LogP contribution is 2.16. The molecule has 1 aromatic rings. The smallest absolute Gasteiger partial charge is 0.413 e. The molecule has 0 radical (unpaired) electrons. The molecule has 0 unspecified atom stereocenters. The van der Waals surface area contributed by atoms with Gasteiger partial charge in [0.2, 0.25) is 0 Å². The van der Waals surface area contributed by atoms with Crippen LogP contribution in [-0.4, -0.2) is 31.0 Å². The second-order valence-corrected chi connectivity index (χ2v) is 3.91. The van der Waals surface area contributed by atoms with Crippen molar-refractivity contribution in [3.05, 3.63) is 24.3 Å². The van der Waals surface area contributed by atoms with Crippen molar-refractivity contribution < 1.29 is 14.3 Å². The van der Waals surface area contributed by atoms with Crippen molar-refractivity contribution >= 4 is 34.8 Å². The lowest BCUT2D eigenvalue weighted by molar-refractivity contribution is 0.0810. The molecule has 0 saturated carbocycles. The average Bonchev–Trinajstić information content (AvgIpc) is 2.37. The van der Waals surface area contributed by atoms with E-state index in [9.17, 15) is 4.79 Å². The first-order chi connectivity index (χ1) is 9.13. The Morgan fingerprint density at radius 2 is 2.11 bits per heavy atom. The van der Waals surface area contributed by atoms with Gasteiger partial charge in [0.15, 0.2) is 5.11 Å². The molecular formula is C12H17N3O3S. The molecule has 0 fully saturated rings. The molecule has 0 spiro atoms. The molecule has 7 heteroatoms. The summed E-state index contributed by atoms with van der Waals surface area (Å²) >= 11 is 4.96. The third kappa shape index (κ3) is 6.03. The van der Waals surface area contributed by atoms with Crippen LogP contribution in [0, 0.1) is 0 Å². The molecule has 0 heterocycles. The summed E-state index contributed by atoms with van der Waals surface area (Å²) in [4.78, 5) is 11.3. The number of nitrogens with two attached hydrogens (primary N) is 1. The van der Waals surface area contributed by atoms with Crippen molar-refractivity contribution in [1.29, 1.82) is 0 Å². The van der Waals surface area contributed by atoms with Gasteiger partial charge in [-0.25, -0.2) is 4.79 Å². The van der Waals surface area contributed by atoms with Crippen LogP contribution < -0.4 is 16.4 Å². The zero-order valence-corrected chi connectivity index (χ0v) is 11.5. The standard InChI is InChI=1S/C12H17N3O3S/c1-2-17-7-8-18-12(16)15-11(19)14-10-6-4-3-5-9(10)13/h3-6H,2,7-8,13H2,1H3,(H2,14,15,16,19). The van der Waals surface area contributed by atoms with Gasteiger partial charge in [-0.1, -0.05) is 12.1 Å². The Balaban J connectivity index is 2.31. The lowest BCUT2D eigenvalue weighted by Gasteiger charge is -2.11. The Hall–Kier alpha value is -1.86. The number of nitrogen functional groups attached to an aromatic ring is 1. The Morgan fingerprint density at radius 1 is 1.37 bits per heavy atom. The molecule has 0 aliphatic carbocycles. The van der Waals surface area contributed by atoms with E-state index in [4.69, 9.17) is 27.4 Å². The highest BCUT2D eigenvalue weighted by Gasteiger charge is 2.06. The number of hydrogen-bond donors (Lipinski definition) is 3. The van der Waals surface area contributed by atoms with E-state index in [1.807, 2.05) is 13.0 Å². The average molecular weight is 283 g/mol. The quantitative estimate of drug-likeness (QED) is 0.433. The monoisotopic (exact) mass is 283 g/mol. The maximum Gasteiger partial charge on any atom is 0.413 e. The zero-order valence-electron chi connectivity index (χ0n) is 10.6. The molecule has 4 N–H and O–H groups in total. The first kappa shape index (κ1) is 15.2. The second kappa shape index (κ2) is 8.28. The molecule has 0 aliphatic rings. The number of carbonyl (C=O) groups is 1. The predicted molar refractivity (Wildman–Crippen MR) is 78.1 cm³/mol. The third-order valence-electron chi connectivity index (χ3n) is 2.09. The summed E-state index contributed by atoms with van der Waals surface area (Å²) in [5.74, 6) is 0. The fraction of sp³-hybridized carbons (Fsp3) is 0.333. The molecule has 1 aromatic carbocycles. The van der Waals surface area contributed by atoms with Crippen molar-refractivity contribution in [3.63, 3.8) is 0 Å². The molecule has 0 atom stereocenters. The van der Waals surface area contributed by atoms with E-state index < -0.39 is 6.09 Å². The molecule has 19 heavy (non-hydrogen) atoms. The Bertz CT molecular complexity index is 440. The van der Waals surface area contributed by atoms with Gasteiger partial charge in [-0.05, 0) is 31.3 Å². The Kier molecular flexibility index (Phi) is 6.62. The fourth-order valence-electron chi connectivity index (χ4n) is 1.23. The molecule has 104 valence electrons. The first-order valence-corrected chi connectivity index (χ1v) is 6.21. The topological polar surface area (TPSA) is 85.6 Å². The number of alkyl carbamates (subject to hydrolysis) is 1. The molecular weight excluding hydrogens is 266 g/mol. The fourth-order valence-corrected chi connectivity index (χ4v) is 1.42. The van der Waals surface area contributed by atoms with Crippen molar-refractivity contribution in [2.24, 2.45) is 0 Å². The normalized spacial score (nSPS) is 9.74. The van der Waals surface area contributed by atoms with Gasteiger partial charge in [0, 0.05) is 6.61 Å². The molecule has 1 amide bonds. The second-order valence-electron chi connectivity index (χ2n) is 3.50. The largest absolute Gasteiger partial charge is 0.447 e. The van der Waals surface area contributed by atoms with Crippen molar-refractivity contribution in [3.8, 4) is 0 Å². The summed E-state index contributed by atoms with van der Waals surface area (Å²) in [7, 11) is 0. The van der Waals surface area contributed by atoms with Crippen LogP contribution in [0.3, 0.4) is 0 Å². The molecule has 0 bridgehead atoms. The van der Waals surface area contributed by atoms with Crippen LogP contribution in [0.1, 0.15) is 6.92 Å². The number of benzene rings is 1. The zero-order chi connectivity index (χ0) is 14.1. The maximum atomic E-state index is 11.3. The van der Waals surface area contributed by atoms with Crippen LogP contribution in [0.25, 0.3) is 0 Å². The van der Waals surface area contributed by atoms with Gasteiger partial charge in [0.25, 0.3) is 0 Å². The van der Waals surface area contributed by atoms with Crippen LogP contribution in [0.2, 0.25) is 0 Å². The minimum absolute atomic E-state index is 0.124. The SMILES string of the molecule is CCOCCOC(=O)NC(=S)Nc1ccccc1N. The van der Waals surface area contributed by atoms with Gasteiger partial charge in [-0.3, -0.25) is 5.32 Å². The molecule has 0 saturated heterocycles. The number of amides is 1. The van der Waals surface area contributed by atoms with E-state index >= 15 is 0 Å². The van der Waals surface area contributed by atoms with Crippen LogP contribution in [0.4, 0.5) is 16.2 Å². The summed E-state index contributed by atoms with van der Waals surface area (Å²) in [6.07, 6.45) is -0.633. The number of hydrogen-bond acceptors (Lipinski definition) is 5. The van der Waals surface area contributed by atoms with Crippen molar-refractivity contribution in [2.45, 2.75) is 6.92 Å². The van der Waals surface area contributed by atoms with E-state index in [1.54, 1.807) is 18.2 Å². The van der Waals surface area contributed by atoms with Gasteiger partial charge in [0.05, 0.1) is 18.0 Å². The van der Waals surface area contributed by atoms with E-state index in [-0.39, 0.29) is 11.7 Å². The lowest BCUT2D eigenvalue weighted by Crippen LogP contribution is -2.35. The van der Waals surface area contributed by atoms with E-state index in [0.717, 1.165) is 0 Å². The van der Waals surface area contributed by atoms with Gasteiger partial charge >= 0.3 is 6.09 Å². The minimum atomic E-state index is -0.633. The van der Waals surface area contributed by atoms with Crippen molar-refractivity contribution in [1.82, 2.24) is 5.32 Å². The number of rotatable bonds is 5. The number of carbonyl (C=O) groups excluding carboxylic acids is 1. The minimum Gasteiger partial charge on any atom is -0.447 e. The van der Waals surface area contributed by atoms with Crippen LogP contribution >= 0.6 is 12.2 Å². The number of thiocarbonyl (C=S) groups is 1. The van der Waals surface area contributed by atoms with Crippen LogP contribution in [-0.2, 0) is 9.47 Å². The molecule has 1 rings (SSSR count). The van der Waals surface area contributed by atoms with Gasteiger partial charge in [-0.2, -0.15) is 0 Å². The summed E-state index contributed by atoms with van der Waals surface area (Å²) in [5, 5.41) is 5.31. The third-order valence-corrected chi connectivity index (χ3v) is 2.29. The molecule has 0 aromatic heterocycles.